The van der Waals surface area contributed by atoms with Crippen molar-refractivity contribution in [3.05, 3.63) is 89.0 Å². The number of para-hydroxylation sites is 1. The Balaban J connectivity index is 1.80. The molecule has 0 spiro atoms. The molecule has 3 aromatic carbocycles. The highest BCUT2D eigenvalue weighted by atomic mass is 32.2. The molecule has 1 aliphatic heterocycles. The van der Waals surface area contributed by atoms with E-state index in [1.807, 2.05) is 56.3 Å². The van der Waals surface area contributed by atoms with Gasteiger partial charge < -0.3 is 4.74 Å². The Morgan fingerprint density at radius 1 is 0.808 bits per heavy atom. The van der Waals surface area contributed by atoms with Crippen molar-refractivity contribution in [2.75, 3.05) is 0 Å². The van der Waals surface area contributed by atoms with Gasteiger partial charge in [0.1, 0.15) is 11.5 Å². The Hall–Kier alpha value is -2.63. The van der Waals surface area contributed by atoms with Crippen molar-refractivity contribution in [3.8, 4) is 11.5 Å². The largest absolute Gasteiger partial charge is 0.457 e. The zero-order valence-corrected chi connectivity index (χ0v) is 15.4. The molecule has 3 aromatic rings. The standard InChI is InChI=1S/C21H19NO3S/c1-14-7-10-16(11-8-14)26(23,24)22-21-17-5-3-4-6-19(17)25-20-13-15(2)9-12-18(20)21/h3-13,21-22H,1-2H3. The van der Waals surface area contributed by atoms with Crippen LogP contribution in [0.4, 0.5) is 0 Å². The molecule has 0 saturated heterocycles. The van der Waals surface area contributed by atoms with E-state index in [1.165, 1.54) is 0 Å². The summed E-state index contributed by atoms with van der Waals surface area (Å²) in [6.07, 6.45) is 0. The number of sulfonamides is 1. The van der Waals surface area contributed by atoms with Gasteiger partial charge in [0.2, 0.25) is 10.0 Å². The molecule has 132 valence electrons. The minimum absolute atomic E-state index is 0.251. The summed E-state index contributed by atoms with van der Waals surface area (Å²) in [5.74, 6) is 1.35. The van der Waals surface area contributed by atoms with Gasteiger partial charge in [-0.15, -0.1) is 0 Å². The van der Waals surface area contributed by atoms with Gasteiger partial charge in [0.15, 0.2) is 0 Å². The third kappa shape index (κ3) is 3.00. The van der Waals surface area contributed by atoms with Crippen LogP contribution in [0.15, 0.2) is 71.6 Å². The van der Waals surface area contributed by atoms with Crippen molar-refractivity contribution >= 4 is 10.0 Å². The van der Waals surface area contributed by atoms with Crippen LogP contribution < -0.4 is 9.46 Å². The number of hydrogen-bond donors (Lipinski definition) is 1. The van der Waals surface area contributed by atoms with E-state index in [9.17, 15) is 8.42 Å². The molecule has 26 heavy (non-hydrogen) atoms. The smallest absolute Gasteiger partial charge is 0.241 e. The maximum absolute atomic E-state index is 12.9. The summed E-state index contributed by atoms with van der Waals surface area (Å²) in [5.41, 5.74) is 3.69. The second-order valence-corrected chi connectivity index (χ2v) is 8.26. The number of aryl methyl sites for hydroxylation is 2. The quantitative estimate of drug-likeness (QED) is 0.745. The Morgan fingerprint density at radius 2 is 1.46 bits per heavy atom. The number of ether oxygens (including phenoxy) is 1. The van der Waals surface area contributed by atoms with E-state index in [-0.39, 0.29) is 4.90 Å². The highest BCUT2D eigenvalue weighted by Gasteiger charge is 2.31. The van der Waals surface area contributed by atoms with E-state index >= 15 is 0 Å². The molecule has 1 unspecified atom stereocenters. The van der Waals surface area contributed by atoms with Crippen LogP contribution in [0.25, 0.3) is 0 Å². The van der Waals surface area contributed by atoms with Crippen LogP contribution in [0.2, 0.25) is 0 Å². The Bertz CT molecular complexity index is 1070. The first-order chi connectivity index (χ1) is 12.4. The lowest BCUT2D eigenvalue weighted by Crippen LogP contribution is -2.31. The average Bonchev–Trinajstić information content (AvgIpc) is 2.61. The van der Waals surface area contributed by atoms with Crippen molar-refractivity contribution in [2.45, 2.75) is 24.8 Å². The molecule has 1 aliphatic rings. The summed E-state index contributed by atoms with van der Waals surface area (Å²) < 4.78 is 34.7. The lowest BCUT2D eigenvalue weighted by atomic mass is 9.94. The first-order valence-corrected chi connectivity index (χ1v) is 9.89. The van der Waals surface area contributed by atoms with Crippen LogP contribution >= 0.6 is 0 Å². The fourth-order valence-electron chi connectivity index (χ4n) is 3.13. The van der Waals surface area contributed by atoms with Gasteiger partial charge in [-0.1, -0.05) is 48.0 Å². The molecule has 4 rings (SSSR count). The topological polar surface area (TPSA) is 55.4 Å². The Labute approximate surface area is 153 Å². The van der Waals surface area contributed by atoms with Gasteiger partial charge >= 0.3 is 0 Å². The summed E-state index contributed by atoms with van der Waals surface area (Å²) in [5, 5.41) is 0. The SMILES string of the molecule is Cc1ccc(S(=O)(=O)NC2c3ccccc3Oc3cc(C)ccc32)cc1. The maximum Gasteiger partial charge on any atom is 0.241 e. The molecular formula is C21H19NO3S. The molecule has 1 N–H and O–H groups in total. The molecule has 1 atom stereocenters. The van der Waals surface area contributed by atoms with Gasteiger partial charge in [0.25, 0.3) is 0 Å². The molecule has 0 fully saturated rings. The summed E-state index contributed by atoms with van der Waals surface area (Å²) in [7, 11) is -3.68. The number of rotatable bonds is 3. The lowest BCUT2D eigenvalue weighted by molar-refractivity contribution is 0.440. The first-order valence-electron chi connectivity index (χ1n) is 8.40. The predicted octanol–water partition coefficient (Wildman–Crippen LogP) is 4.48. The molecule has 0 saturated carbocycles. The number of hydrogen-bond acceptors (Lipinski definition) is 3. The van der Waals surface area contributed by atoms with Crippen molar-refractivity contribution in [2.24, 2.45) is 0 Å². The number of benzene rings is 3. The Kier molecular flexibility index (Phi) is 4.05. The first kappa shape index (κ1) is 16.8. The zero-order valence-electron chi connectivity index (χ0n) is 14.6. The van der Waals surface area contributed by atoms with Crippen LogP contribution in [0.3, 0.4) is 0 Å². The predicted molar refractivity (Wildman–Crippen MR) is 101 cm³/mol. The van der Waals surface area contributed by atoms with Crippen molar-refractivity contribution in [1.82, 2.24) is 4.72 Å². The minimum Gasteiger partial charge on any atom is -0.457 e. The summed E-state index contributed by atoms with van der Waals surface area (Å²) in [6, 6.07) is 19.7. The summed E-state index contributed by atoms with van der Waals surface area (Å²) in [4.78, 5) is 0.251. The lowest BCUT2D eigenvalue weighted by Gasteiger charge is -2.29. The molecule has 0 aromatic heterocycles. The fraction of sp³-hybridized carbons (Fsp3) is 0.143. The van der Waals surface area contributed by atoms with E-state index < -0.39 is 16.1 Å². The number of fused-ring (bicyclic) bond motifs is 2. The molecule has 0 amide bonds. The highest BCUT2D eigenvalue weighted by molar-refractivity contribution is 7.89. The second-order valence-electron chi connectivity index (χ2n) is 6.55. The average molecular weight is 365 g/mol. The van der Waals surface area contributed by atoms with Crippen molar-refractivity contribution in [3.63, 3.8) is 0 Å². The molecule has 1 heterocycles. The van der Waals surface area contributed by atoms with E-state index in [0.717, 1.165) is 22.3 Å². The summed E-state index contributed by atoms with van der Waals surface area (Å²) >= 11 is 0. The van der Waals surface area contributed by atoms with Crippen molar-refractivity contribution < 1.29 is 13.2 Å². The maximum atomic E-state index is 12.9. The molecule has 5 heteroatoms. The van der Waals surface area contributed by atoms with Crippen LogP contribution in [0.1, 0.15) is 28.3 Å². The second kappa shape index (κ2) is 6.27. The van der Waals surface area contributed by atoms with Crippen LogP contribution in [-0.2, 0) is 10.0 Å². The van der Waals surface area contributed by atoms with Gasteiger partial charge in [-0.25, -0.2) is 8.42 Å². The van der Waals surface area contributed by atoms with E-state index in [4.69, 9.17) is 4.74 Å². The molecule has 4 nitrogen and oxygen atoms in total. The van der Waals surface area contributed by atoms with E-state index in [0.29, 0.717) is 11.5 Å². The van der Waals surface area contributed by atoms with Crippen LogP contribution in [0.5, 0.6) is 11.5 Å². The number of nitrogens with one attached hydrogen (secondary N) is 1. The Morgan fingerprint density at radius 3 is 2.23 bits per heavy atom. The summed E-state index contributed by atoms with van der Waals surface area (Å²) in [6.45, 7) is 3.91. The van der Waals surface area contributed by atoms with Gasteiger partial charge in [-0.3, -0.25) is 0 Å². The monoisotopic (exact) mass is 365 g/mol. The molecular weight excluding hydrogens is 346 g/mol. The van der Waals surface area contributed by atoms with Crippen LogP contribution in [0, 0.1) is 13.8 Å². The third-order valence-electron chi connectivity index (χ3n) is 4.53. The normalized spacial score (nSPS) is 15.7. The van der Waals surface area contributed by atoms with Gasteiger partial charge in [-0.2, -0.15) is 4.72 Å². The highest BCUT2D eigenvalue weighted by Crippen LogP contribution is 2.43. The van der Waals surface area contributed by atoms with Gasteiger partial charge in [0.05, 0.1) is 10.9 Å². The van der Waals surface area contributed by atoms with Gasteiger partial charge in [0, 0.05) is 11.1 Å². The van der Waals surface area contributed by atoms with Crippen LogP contribution in [-0.4, -0.2) is 8.42 Å². The zero-order chi connectivity index (χ0) is 18.3. The fourth-order valence-corrected chi connectivity index (χ4v) is 4.33. The molecule has 0 aliphatic carbocycles. The van der Waals surface area contributed by atoms with E-state index in [2.05, 4.69) is 4.72 Å². The minimum atomic E-state index is -3.68. The van der Waals surface area contributed by atoms with E-state index in [1.54, 1.807) is 24.3 Å². The third-order valence-corrected chi connectivity index (χ3v) is 5.97. The molecule has 0 bridgehead atoms. The molecule has 0 radical (unpaired) electrons. The van der Waals surface area contributed by atoms with Gasteiger partial charge in [-0.05, 0) is 43.7 Å². The van der Waals surface area contributed by atoms with Crippen molar-refractivity contribution in [1.29, 1.82) is 0 Å².